The van der Waals surface area contributed by atoms with Crippen LogP contribution in [0.2, 0.25) is 0 Å². The van der Waals surface area contributed by atoms with Gasteiger partial charge in [-0.05, 0) is 37.1 Å². The van der Waals surface area contributed by atoms with Crippen molar-refractivity contribution in [2.24, 2.45) is 0 Å². The Morgan fingerprint density at radius 2 is 1.08 bits per heavy atom. The van der Waals surface area contributed by atoms with E-state index < -0.39 is 0 Å². The number of nitrogens with zero attached hydrogens (tertiary/aromatic N) is 4. The quantitative estimate of drug-likeness (QED) is 0.568. The first-order chi connectivity index (χ1) is 12.7. The summed E-state index contributed by atoms with van der Waals surface area (Å²) in [6.45, 7) is 4.01. The van der Waals surface area contributed by atoms with E-state index in [-0.39, 0.29) is 0 Å². The highest BCUT2D eigenvalue weighted by atomic mass is 15.2. The van der Waals surface area contributed by atoms with Gasteiger partial charge in [-0.1, -0.05) is 36.4 Å². The second-order valence-electron chi connectivity index (χ2n) is 6.13. The van der Waals surface area contributed by atoms with Crippen molar-refractivity contribution in [1.82, 2.24) is 20.2 Å². The molecule has 0 radical (unpaired) electrons. The summed E-state index contributed by atoms with van der Waals surface area (Å²) in [5.41, 5.74) is 2.22. The number of hydrogen-bond acceptors (Lipinski definition) is 6. The first-order valence-electron chi connectivity index (χ1n) is 8.34. The maximum absolute atomic E-state index is 4.37. The standard InChI is InChI=1S/C20H18N6/c1-13-7-9-17(21-11-13)23-19-15-5-3-4-6-16(15)20(26-25-19)24-18-10-8-14(2)12-22-18/h3-12H,1-2H3,(H,21,23,25)(H,22,24,26). The van der Waals surface area contributed by atoms with Crippen molar-refractivity contribution in [2.75, 3.05) is 10.6 Å². The van der Waals surface area contributed by atoms with E-state index in [9.17, 15) is 0 Å². The zero-order valence-electron chi connectivity index (χ0n) is 14.6. The Balaban J connectivity index is 1.70. The molecule has 128 valence electrons. The summed E-state index contributed by atoms with van der Waals surface area (Å²) in [4.78, 5) is 8.75. The average molecular weight is 342 g/mol. The van der Waals surface area contributed by atoms with Crippen molar-refractivity contribution in [2.45, 2.75) is 13.8 Å². The van der Waals surface area contributed by atoms with E-state index in [0.717, 1.165) is 33.5 Å². The molecule has 0 aliphatic carbocycles. The number of rotatable bonds is 4. The molecule has 3 aromatic heterocycles. The van der Waals surface area contributed by atoms with Gasteiger partial charge >= 0.3 is 0 Å². The minimum Gasteiger partial charge on any atom is -0.323 e. The van der Waals surface area contributed by atoms with Crippen molar-refractivity contribution >= 4 is 34.0 Å². The molecule has 0 amide bonds. The maximum Gasteiger partial charge on any atom is 0.162 e. The summed E-state index contributed by atoms with van der Waals surface area (Å²) in [7, 11) is 0. The third-order valence-electron chi connectivity index (χ3n) is 4.00. The molecule has 3 heterocycles. The van der Waals surface area contributed by atoms with Gasteiger partial charge in [-0.3, -0.25) is 0 Å². The average Bonchev–Trinajstić information content (AvgIpc) is 2.67. The fourth-order valence-electron chi connectivity index (χ4n) is 2.61. The van der Waals surface area contributed by atoms with Crippen LogP contribution in [0.1, 0.15) is 11.1 Å². The third kappa shape index (κ3) is 3.30. The molecule has 0 spiro atoms. The van der Waals surface area contributed by atoms with Crippen LogP contribution in [0.3, 0.4) is 0 Å². The molecule has 0 bridgehead atoms. The van der Waals surface area contributed by atoms with Crippen LogP contribution in [-0.4, -0.2) is 20.2 Å². The van der Waals surface area contributed by atoms with Gasteiger partial charge in [0, 0.05) is 23.2 Å². The van der Waals surface area contributed by atoms with Gasteiger partial charge in [-0.15, -0.1) is 10.2 Å². The molecule has 6 heteroatoms. The van der Waals surface area contributed by atoms with Gasteiger partial charge in [0.25, 0.3) is 0 Å². The molecule has 4 aromatic rings. The van der Waals surface area contributed by atoms with Crippen LogP contribution in [0.5, 0.6) is 0 Å². The molecule has 0 fully saturated rings. The highest BCUT2D eigenvalue weighted by Gasteiger charge is 2.10. The number of nitrogens with one attached hydrogen (secondary N) is 2. The molecule has 6 nitrogen and oxygen atoms in total. The second kappa shape index (κ2) is 6.76. The smallest absolute Gasteiger partial charge is 0.162 e. The normalized spacial score (nSPS) is 10.7. The van der Waals surface area contributed by atoms with Crippen LogP contribution in [0.4, 0.5) is 23.3 Å². The molecule has 0 unspecified atom stereocenters. The second-order valence-corrected chi connectivity index (χ2v) is 6.13. The molecule has 0 saturated heterocycles. The molecule has 0 aliphatic rings. The minimum atomic E-state index is 0.666. The van der Waals surface area contributed by atoms with Gasteiger partial charge in [0.05, 0.1) is 0 Å². The van der Waals surface area contributed by atoms with Gasteiger partial charge in [-0.25, -0.2) is 9.97 Å². The summed E-state index contributed by atoms with van der Waals surface area (Å²) in [5.74, 6) is 2.80. The number of hydrogen-bond donors (Lipinski definition) is 2. The Bertz CT molecular complexity index is 956. The molecule has 0 atom stereocenters. The van der Waals surface area contributed by atoms with Gasteiger partial charge in [-0.2, -0.15) is 0 Å². The van der Waals surface area contributed by atoms with E-state index in [1.807, 2.05) is 74.8 Å². The van der Waals surface area contributed by atoms with Gasteiger partial charge in [0.1, 0.15) is 11.6 Å². The highest BCUT2D eigenvalue weighted by Crippen LogP contribution is 2.28. The van der Waals surface area contributed by atoms with E-state index >= 15 is 0 Å². The first-order valence-corrected chi connectivity index (χ1v) is 8.34. The highest BCUT2D eigenvalue weighted by molar-refractivity contribution is 5.99. The summed E-state index contributed by atoms with van der Waals surface area (Å²) < 4.78 is 0. The first kappa shape index (κ1) is 16.0. The van der Waals surface area contributed by atoms with Crippen molar-refractivity contribution in [3.8, 4) is 0 Å². The van der Waals surface area contributed by atoms with Crippen LogP contribution < -0.4 is 10.6 Å². The Hall–Kier alpha value is -3.54. The van der Waals surface area contributed by atoms with Crippen LogP contribution in [-0.2, 0) is 0 Å². The van der Waals surface area contributed by atoms with E-state index in [2.05, 4.69) is 30.8 Å². The van der Waals surface area contributed by atoms with Crippen LogP contribution >= 0.6 is 0 Å². The number of fused-ring (bicyclic) bond motifs is 1. The molecular weight excluding hydrogens is 324 g/mol. The molecule has 4 rings (SSSR count). The van der Waals surface area contributed by atoms with Crippen LogP contribution in [0.15, 0.2) is 60.9 Å². The van der Waals surface area contributed by atoms with Gasteiger partial charge in [0.2, 0.25) is 0 Å². The number of benzene rings is 1. The summed E-state index contributed by atoms with van der Waals surface area (Å²) >= 11 is 0. The number of anilines is 4. The molecule has 0 saturated carbocycles. The SMILES string of the molecule is Cc1ccc(Nc2nnc(Nc3ccc(C)cn3)c3ccccc23)nc1. The molecule has 0 aliphatic heterocycles. The Morgan fingerprint density at radius 1 is 0.615 bits per heavy atom. The molecular formula is C20H18N6. The third-order valence-corrected chi connectivity index (χ3v) is 4.00. The number of pyridine rings is 2. The largest absolute Gasteiger partial charge is 0.323 e. The lowest BCUT2D eigenvalue weighted by atomic mass is 10.1. The summed E-state index contributed by atoms with van der Waals surface area (Å²) in [6.07, 6.45) is 3.63. The van der Waals surface area contributed by atoms with E-state index in [1.165, 1.54) is 0 Å². The molecule has 1 aromatic carbocycles. The van der Waals surface area contributed by atoms with Crippen molar-refractivity contribution in [3.63, 3.8) is 0 Å². The number of aryl methyl sites for hydroxylation is 2. The predicted octanol–water partition coefficient (Wildman–Crippen LogP) is 4.52. The predicted molar refractivity (Wildman–Crippen MR) is 104 cm³/mol. The Morgan fingerprint density at radius 3 is 1.46 bits per heavy atom. The van der Waals surface area contributed by atoms with E-state index in [1.54, 1.807) is 0 Å². The fourth-order valence-corrected chi connectivity index (χ4v) is 2.61. The number of aromatic nitrogens is 4. The molecule has 2 N–H and O–H groups in total. The maximum atomic E-state index is 4.37. The van der Waals surface area contributed by atoms with Crippen molar-refractivity contribution in [3.05, 3.63) is 72.1 Å². The van der Waals surface area contributed by atoms with E-state index in [0.29, 0.717) is 11.6 Å². The zero-order chi connectivity index (χ0) is 17.9. The molecule has 26 heavy (non-hydrogen) atoms. The van der Waals surface area contributed by atoms with E-state index in [4.69, 9.17) is 0 Å². The van der Waals surface area contributed by atoms with Gasteiger partial charge < -0.3 is 10.6 Å². The lowest BCUT2D eigenvalue weighted by Crippen LogP contribution is -2.03. The van der Waals surface area contributed by atoms with Crippen molar-refractivity contribution in [1.29, 1.82) is 0 Å². The zero-order valence-corrected chi connectivity index (χ0v) is 14.6. The lowest BCUT2D eigenvalue weighted by molar-refractivity contribution is 1.05. The Labute approximate surface area is 151 Å². The minimum absolute atomic E-state index is 0.666. The topological polar surface area (TPSA) is 75.6 Å². The van der Waals surface area contributed by atoms with Crippen molar-refractivity contribution < 1.29 is 0 Å². The lowest BCUT2D eigenvalue weighted by Gasteiger charge is -2.11. The van der Waals surface area contributed by atoms with Crippen LogP contribution in [0.25, 0.3) is 10.8 Å². The Kier molecular flexibility index (Phi) is 4.15. The summed E-state index contributed by atoms with van der Waals surface area (Å²) in [5, 5.41) is 17.1. The fraction of sp³-hybridized carbons (Fsp3) is 0.100. The van der Waals surface area contributed by atoms with Gasteiger partial charge in [0.15, 0.2) is 11.6 Å². The monoisotopic (exact) mass is 342 g/mol. The van der Waals surface area contributed by atoms with Crippen LogP contribution in [0, 0.1) is 13.8 Å². The summed E-state index contributed by atoms with van der Waals surface area (Å²) in [6, 6.07) is 15.8.